The highest BCUT2D eigenvalue weighted by Crippen LogP contribution is 2.18. The summed E-state index contributed by atoms with van der Waals surface area (Å²) < 4.78 is 1.67. The van der Waals surface area contributed by atoms with E-state index in [1.54, 1.807) is 23.3 Å². The largest absolute Gasteiger partial charge is 0.352 e. The van der Waals surface area contributed by atoms with Crippen LogP contribution in [0.5, 0.6) is 0 Å². The van der Waals surface area contributed by atoms with Gasteiger partial charge in [0.05, 0.1) is 12.2 Å². The van der Waals surface area contributed by atoms with Crippen LogP contribution in [0, 0.1) is 0 Å². The molecular formula is C20H22N6O2. The molecule has 8 heteroatoms. The number of carbonyl (C=O) groups excluding carboxylic acids is 2. The van der Waals surface area contributed by atoms with Gasteiger partial charge in [0, 0.05) is 36.8 Å². The average molecular weight is 378 g/mol. The summed E-state index contributed by atoms with van der Waals surface area (Å²) in [6.07, 6.45) is 4.80. The lowest BCUT2D eigenvalue weighted by molar-refractivity contribution is -0.119. The first kappa shape index (κ1) is 19.2. The first-order chi connectivity index (χ1) is 13.5. The van der Waals surface area contributed by atoms with Crippen LogP contribution in [0.15, 0.2) is 55.2 Å². The second kappa shape index (κ2) is 8.90. The van der Waals surface area contributed by atoms with Crippen LogP contribution in [0.3, 0.4) is 0 Å². The summed E-state index contributed by atoms with van der Waals surface area (Å²) in [7, 11) is 0. The van der Waals surface area contributed by atoms with Gasteiger partial charge in [-0.25, -0.2) is 4.98 Å². The molecule has 28 heavy (non-hydrogen) atoms. The van der Waals surface area contributed by atoms with Crippen molar-refractivity contribution < 1.29 is 9.59 Å². The lowest BCUT2D eigenvalue weighted by Crippen LogP contribution is -2.35. The Kier molecular flexibility index (Phi) is 6.11. The minimum atomic E-state index is -0.156. The predicted molar refractivity (Wildman–Crippen MR) is 104 cm³/mol. The van der Waals surface area contributed by atoms with Gasteiger partial charge >= 0.3 is 0 Å². The Bertz CT molecular complexity index is 938. The Morgan fingerprint density at radius 2 is 2.07 bits per heavy atom. The maximum atomic E-state index is 12.6. The molecule has 8 nitrogen and oxygen atoms in total. The van der Waals surface area contributed by atoms with E-state index in [9.17, 15) is 9.59 Å². The van der Waals surface area contributed by atoms with Crippen molar-refractivity contribution in [2.24, 2.45) is 0 Å². The summed E-state index contributed by atoms with van der Waals surface area (Å²) in [4.78, 5) is 31.9. The third-order valence-corrected chi connectivity index (χ3v) is 4.09. The number of nitrogens with one attached hydrogen (secondary N) is 2. The van der Waals surface area contributed by atoms with Crippen molar-refractivity contribution in [2.75, 3.05) is 0 Å². The van der Waals surface area contributed by atoms with Crippen LogP contribution in [-0.4, -0.2) is 37.6 Å². The second-order valence-electron chi connectivity index (χ2n) is 6.53. The number of hydrogen-bond donors (Lipinski definition) is 2. The topological polar surface area (TPSA) is 102 Å². The number of hydrogen-bond acceptors (Lipinski definition) is 5. The lowest BCUT2D eigenvalue weighted by atomic mass is 10.1. The molecule has 2 heterocycles. The van der Waals surface area contributed by atoms with Crippen molar-refractivity contribution >= 4 is 11.8 Å². The molecule has 0 saturated heterocycles. The number of amides is 2. The van der Waals surface area contributed by atoms with E-state index in [-0.39, 0.29) is 17.9 Å². The molecule has 0 aliphatic carbocycles. The molecule has 0 radical (unpaired) electrons. The molecule has 1 atom stereocenters. The van der Waals surface area contributed by atoms with Crippen LogP contribution in [-0.2, 0) is 17.9 Å². The van der Waals surface area contributed by atoms with E-state index in [2.05, 4.69) is 25.7 Å². The van der Waals surface area contributed by atoms with E-state index < -0.39 is 0 Å². The normalized spacial score (nSPS) is 11.6. The maximum Gasteiger partial charge on any atom is 0.251 e. The Hall–Kier alpha value is -3.55. The summed E-state index contributed by atoms with van der Waals surface area (Å²) in [5, 5.41) is 9.74. The Morgan fingerprint density at radius 1 is 1.21 bits per heavy atom. The van der Waals surface area contributed by atoms with Gasteiger partial charge in [0.15, 0.2) is 0 Å². The van der Waals surface area contributed by atoms with Crippen LogP contribution in [0.4, 0.5) is 0 Å². The summed E-state index contributed by atoms with van der Waals surface area (Å²) in [6.45, 7) is 4.38. The van der Waals surface area contributed by atoms with Gasteiger partial charge < -0.3 is 10.6 Å². The molecule has 0 spiro atoms. The van der Waals surface area contributed by atoms with Crippen molar-refractivity contribution in [3.8, 4) is 11.3 Å². The highest BCUT2D eigenvalue weighted by molar-refractivity contribution is 5.95. The fourth-order valence-corrected chi connectivity index (χ4v) is 2.71. The zero-order valence-electron chi connectivity index (χ0n) is 15.8. The number of benzene rings is 1. The van der Waals surface area contributed by atoms with Gasteiger partial charge in [0.2, 0.25) is 5.91 Å². The smallest absolute Gasteiger partial charge is 0.251 e. The molecular weight excluding hydrogens is 356 g/mol. The number of pyridine rings is 1. The Labute approximate surface area is 163 Å². The quantitative estimate of drug-likeness (QED) is 0.653. The number of carbonyl (C=O) groups is 2. The molecule has 0 aliphatic rings. The Balaban J connectivity index is 1.66. The molecule has 0 aliphatic heterocycles. The Morgan fingerprint density at radius 3 is 2.75 bits per heavy atom. The van der Waals surface area contributed by atoms with Crippen molar-refractivity contribution in [1.82, 2.24) is 30.4 Å². The summed E-state index contributed by atoms with van der Waals surface area (Å²) in [6, 6.07) is 11.0. The average Bonchev–Trinajstić information content (AvgIpc) is 3.19. The first-order valence-electron chi connectivity index (χ1n) is 8.94. The van der Waals surface area contributed by atoms with Crippen molar-refractivity contribution in [3.05, 3.63) is 66.4 Å². The van der Waals surface area contributed by atoms with Gasteiger partial charge in [-0.05, 0) is 30.7 Å². The molecule has 0 unspecified atom stereocenters. The van der Waals surface area contributed by atoms with E-state index in [0.717, 1.165) is 16.8 Å². The minimum absolute atomic E-state index is 0.0826. The first-order valence-corrected chi connectivity index (χ1v) is 8.94. The highest BCUT2D eigenvalue weighted by atomic mass is 16.2. The second-order valence-corrected chi connectivity index (χ2v) is 6.53. The van der Waals surface area contributed by atoms with E-state index >= 15 is 0 Å². The summed E-state index contributed by atoms with van der Waals surface area (Å²) >= 11 is 0. The van der Waals surface area contributed by atoms with Crippen LogP contribution in [0.1, 0.15) is 29.8 Å². The lowest BCUT2D eigenvalue weighted by Gasteiger charge is -2.14. The maximum absolute atomic E-state index is 12.6. The molecule has 144 valence electrons. The molecule has 1 aromatic carbocycles. The fraction of sp³-hybridized carbons (Fsp3) is 0.250. The van der Waals surface area contributed by atoms with Gasteiger partial charge in [-0.1, -0.05) is 18.2 Å². The van der Waals surface area contributed by atoms with Crippen LogP contribution in [0.25, 0.3) is 11.3 Å². The monoisotopic (exact) mass is 378 g/mol. The number of aromatic nitrogens is 4. The van der Waals surface area contributed by atoms with E-state index in [1.165, 1.54) is 13.3 Å². The SMILES string of the molecule is CC(=O)NCc1ccc(-c2cccc(C(=O)N[C@H](C)Cn3cncn3)c2)nc1. The standard InChI is InChI=1S/C20H22N6O2/c1-14(11-26-13-21-12-24-26)25-20(28)18-5-3-4-17(8-18)19-7-6-16(10-23-19)9-22-15(2)27/h3-8,10,12-14H,9,11H2,1-2H3,(H,22,27)(H,25,28)/t14-/m1/s1. The van der Waals surface area contributed by atoms with Gasteiger partial charge in [-0.15, -0.1) is 0 Å². The zero-order chi connectivity index (χ0) is 19.9. The van der Waals surface area contributed by atoms with Crippen LogP contribution < -0.4 is 10.6 Å². The number of nitrogens with zero attached hydrogens (tertiary/aromatic N) is 4. The highest BCUT2D eigenvalue weighted by Gasteiger charge is 2.12. The van der Waals surface area contributed by atoms with Crippen molar-refractivity contribution in [2.45, 2.75) is 33.0 Å². The minimum Gasteiger partial charge on any atom is -0.352 e. The zero-order valence-corrected chi connectivity index (χ0v) is 15.8. The van der Waals surface area contributed by atoms with E-state index in [1.807, 2.05) is 37.3 Å². The van der Waals surface area contributed by atoms with E-state index in [0.29, 0.717) is 18.7 Å². The predicted octanol–water partition coefficient (Wildman–Crippen LogP) is 1.79. The molecule has 2 amide bonds. The summed E-state index contributed by atoms with van der Waals surface area (Å²) in [5.74, 6) is -0.238. The molecule has 2 N–H and O–H groups in total. The molecule has 0 saturated carbocycles. The third kappa shape index (κ3) is 5.23. The van der Waals surface area contributed by atoms with Crippen molar-refractivity contribution in [1.29, 1.82) is 0 Å². The van der Waals surface area contributed by atoms with Crippen molar-refractivity contribution in [3.63, 3.8) is 0 Å². The van der Waals surface area contributed by atoms with Crippen LogP contribution in [0.2, 0.25) is 0 Å². The molecule has 3 aromatic rings. The third-order valence-electron chi connectivity index (χ3n) is 4.09. The van der Waals surface area contributed by atoms with Gasteiger partial charge in [0.1, 0.15) is 12.7 Å². The van der Waals surface area contributed by atoms with E-state index in [4.69, 9.17) is 0 Å². The van der Waals surface area contributed by atoms with Gasteiger partial charge in [-0.3, -0.25) is 19.3 Å². The molecule has 0 bridgehead atoms. The molecule has 2 aromatic heterocycles. The van der Waals surface area contributed by atoms with Gasteiger partial charge in [0.25, 0.3) is 5.91 Å². The van der Waals surface area contributed by atoms with Gasteiger partial charge in [-0.2, -0.15) is 5.10 Å². The fourth-order valence-electron chi connectivity index (χ4n) is 2.71. The molecule has 3 rings (SSSR count). The summed E-state index contributed by atoms with van der Waals surface area (Å²) in [5.41, 5.74) is 3.08. The number of rotatable bonds is 7. The van der Waals surface area contributed by atoms with Crippen LogP contribution >= 0.6 is 0 Å². The molecule has 0 fully saturated rings.